The Kier molecular flexibility index (Phi) is 5.34. The van der Waals surface area contributed by atoms with Gasteiger partial charge in [-0.25, -0.2) is 0 Å². The Morgan fingerprint density at radius 1 is 1.33 bits per heavy atom. The van der Waals surface area contributed by atoms with E-state index in [2.05, 4.69) is 30.7 Å². The number of likely N-dealkylation sites (tertiary alicyclic amines) is 1. The van der Waals surface area contributed by atoms with Crippen molar-refractivity contribution in [2.24, 2.45) is 0 Å². The molecule has 4 nitrogen and oxygen atoms in total. The molecule has 21 heavy (non-hydrogen) atoms. The molecular formula is C17H26N2O2. The number of Topliss-reactive ketones (excluding diaryl/α,β-unsaturated/α-hetero) is 1. The SMILES string of the molecule is CCCOc1cncc(C(=O)C(C)(CC)N2CCCC2)c1. The highest BCUT2D eigenvalue weighted by molar-refractivity contribution is 6.03. The van der Waals surface area contributed by atoms with Gasteiger partial charge in [-0.15, -0.1) is 0 Å². The van der Waals surface area contributed by atoms with Crippen LogP contribution in [0.1, 0.15) is 56.8 Å². The summed E-state index contributed by atoms with van der Waals surface area (Å²) < 4.78 is 5.59. The molecule has 116 valence electrons. The highest BCUT2D eigenvalue weighted by Crippen LogP contribution is 2.29. The molecule has 2 heterocycles. The van der Waals surface area contributed by atoms with E-state index in [1.165, 1.54) is 12.8 Å². The normalized spacial score (nSPS) is 18.4. The van der Waals surface area contributed by atoms with Crippen molar-refractivity contribution in [1.29, 1.82) is 0 Å². The number of carbonyl (C=O) groups is 1. The number of hydrogen-bond donors (Lipinski definition) is 0. The molecule has 0 amide bonds. The minimum Gasteiger partial charge on any atom is -0.492 e. The molecule has 0 aromatic carbocycles. The third kappa shape index (κ3) is 3.43. The van der Waals surface area contributed by atoms with Crippen LogP contribution < -0.4 is 4.74 Å². The number of rotatable bonds is 7. The van der Waals surface area contributed by atoms with Crippen molar-refractivity contribution in [2.45, 2.75) is 52.0 Å². The second-order valence-corrected chi connectivity index (χ2v) is 5.91. The van der Waals surface area contributed by atoms with Crippen LogP contribution in [0.3, 0.4) is 0 Å². The summed E-state index contributed by atoms with van der Waals surface area (Å²) >= 11 is 0. The summed E-state index contributed by atoms with van der Waals surface area (Å²) in [5.41, 5.74) is 0.224. The zero-order valence-corrected chi connectivity index (χ0v) is 13.4. The fourth-order valence-corrected chi connectivity index (χ4v) is 2.89. The molecule has 4 heteroatoms. The topological polar surface area (TPSA) is 42.4 Å². The van der Waals surface area contributed by atoms with Crippen molar-refractivity contribution >= 4 is 5.78 Å². The molecule has 0 aliphatic carbocycles. The molecule has 1 aliphatic heterocycles. The Labute approximate surface area is 127 Å². The molecule has 0 spiro atoms. The van der Waals surface area contributed by atoms with Gasteiger partial charge in [0.25, 0.3) is 0 Å². The lowest BCUT2D eigenvalue weighted by Crippen LogP contribution is -2.50. The lowest BCUT2D eigenvalue weighted by Gasteiger charge is -2.36. The van der Waals surface area contributed by atoms with Crippen LogP contribution in [0.15, 0.2) is 18.5 Å². The van der Waals surface area contributed by atoms with E-state index in [0.717, 1.165) is 25.9 Å². The van der Waals surface area contributed by atoms with Crippen molar-refractivity contribution in [3.8, 4) is 5.75 Å². The predicted molar refractivity (Wildman–Crippen MR) is 83.9 cm³/mol. The minimum absolute atomic E-state index is 0.154. The quantitative estimate of drug-likeness (QED) is 0.722. The number of ether oxygens (including phenoxy) is 1. The molecule has 1 unspecified atom stereocenters. The summed E-state index contributed by atoms with van der Waals surface area (Å²) in [6.45, 7) is 8.87. The predicted octanol–water partition coefficient (Wildman–Crippen LogP) is 3.32. The van der Waals surface area contributed by atoms with Gasteiger partial charge in [-0.05, 0) is 51.8 Å². The summed E-state index contributed by atoms with van der Waals surface area (Å²) in [7, 11) is 0. The van der Waals surface area contributed by atoms with Crippen LogP contribution in [0.2, 0.25) is 0 Å². The molecule has 1 fully saturated rings. The Morgan fingerprint density at radius 3 is 2.67 bits per heavy atom. The van der Waals surface area contributed by atoms with Crippen LogP contribution in [0.5, 0.6) is 5.75 Å². The molecule has 1 aromatic rings. The third-order valence-corrected chi connectivity index (χ3v) is 4.43. The smallest absolute Gasteiger partial charge is 0.184 e. The molecular weight excluding hydrogens is 264 g/mol. The fourth-order valence-electron chi connectivity index (χ4n) is 2.89. The first-order chi connectivity index (χ1) is 10.1. The van der Waals surface area contributed by atoms with E-state index in [9.17, 15) is 4.79 Å². The first-order valence-electron chi connectivity index (χ1n) is 7.99. The number of pyridine rings is 1. The van der Waals surface area contributed by atoms with Crippen LogP contribution in [0.4, 0.5) is 0 Å². The van der Waals surface area contributed by atoms with E-state index < -0.39 is 5.54 Å². The summed E-state index contributed by atoms with van der Waals surface area (Å²) in [4.78, 5) is 19.5. The average Bonchev–Trinajstić information content (AvgIpc) is 3.06. The molecule has 0 bridgehead atoms. The summed E-state index contributed by atoms with van der Waals surface area (Å²) in [5, 5.41) is 0. The van der Waals surface area contributed by atoms with Gasteiger partial charge in [0.05, 0.1) is 18.3 Å². The molecule has 1 aromatic heterocycles. The molecule has 2 rings (SSSR count). The molecule has 1 atom stereocenters. The van der Waals surface area contributed by atoms with Gasteiger partial charge < -0.3 is 4.74 Å². The second-order valence-electron chi connectivity index (χ2n) is 5.91. The van der Waals surface area contributed by atoms with E-state index in [4.69, 9.17) is 4.74 Å². The average molecular weight is 290 g/mol. The first kappa shape index (κ1) is 16.0. The first-order valence-corrected chi connectivity index (χ1v) is 7.99. The zero-order chi connectivity index (χ0) is 15.3. The van der Waals surface area contributed by atoms with E-state index in [0.29, 0.717) is 17.9 Å². The van der Waals surface area contributed by atoms with Gasteiger partial charge in [0.2, 0.25) is 0 Å². The largest absolute Gasteiger partial charge is 0.492 e. The van der Waals surface area contributed by atoms with E-state index in [1.807, 2.05) is 6.07 Å². The van der Waals surface area contributed by atoms with E-state index >= 15 is 0 Å². The minimum atomic E-state index is -0.429. The molecule has 1 saturated heterocycles. The van der Waals surface area contributed by atoms with Gasteiger partial charge in [-0.1, -0.05) is 13.8 Å². The van der Waals surface area contributed by atoms with Gasteiger partial charge in [-0.3, -0.25) is 14.7 Å². The summed E-state index contributed by atoms with van der Waals surface area (Å²) in [6.07, 6.45) is 7.45. The highest BCUT2D eigenvalue weighted by atomic mass is 16.5. The number of ketones is 1. The van der Waals surface area contributed by atoms with Crippen LogP contribution in [0.25, 0.3) is 0 Å². The van der Waals surface area contributed by atoms with Gasteiger partial charge >= 0.3 is 0 Å². The molecule has 0 saturated carbocycles. The van der Waals surface area contributed by atoms with Crippen LogP contribution >= 0.6 is 0 Å². The maximum absolute atomic E-state index is 13.0. The molecule has 0 N–H and O–H groups in total. The van der Waals surface area contributed by atoms with Crippen molar-refractivity contribution in [1.82, 2.24) is 9.88 Å². The van der Waals surface area contributed by atoms with E-state index in [-0.39, 0.29) is 5.78 Å². The monoisotopic (exact) mass is 290 g/mol. The van der Waals surface area contributed by atoms with Crippen molar-refractivity contribution in [3.05, 3.63) is 24.0 Å². The van der Waals surface area contributed by atoms with Crippen LogP contribution in [-0.2, 0) is 0 Å². The number of carbonyl (C=O) groups excluding carboxylic acids is 1. The number of nitrogens with zero attached hydrogens (tertiary/aromatic N) is 2. The van der Waals surface area contributed by atoms with Crippen molar-refractivity contribution in [2.75, 3.05) is 19.7 Å². The Balaban J connectivity index is 2.20. The van der Waals surface area contributed by atoms with Gasteiger partial charge in [0, 0.05) is 11.8 Å². The molecule has 1 aliphatic rings. The second kappa shape index (κ2) is 7.03. The third-order valence-electron chi connectivity index (χ3n) is 4.43. The summed E-state index contributed by atoms with van der Waals surface area (Å²) in [6, 6.07) is 1.83. The van der Waals surface area contributed by atoms with Crippen molar-refractivity contribution in [3.63, 3.8) is 0 Å². The van der Waals surface area contributed by atoms with Gasteiger partial charge in [0.1, 0.15) is 5.75 Å². The molecule has 0 radical (unpaired) electrons. The highest BCUT2D eigenvalue weighted by Gasteiger charge is 2.39. The van der Waals surface area contributed by atoms with Crippen LogP contribution in [-0.4, -0.2) is 40.9 Å². The Hall–Kier alpha value is -1.42. The summed E-state index contributed by atoms with van der Waals surface area (Å²) in [5.74, 6) is 0.837. The number of hydrogen-bond acceptors (Lipinski definition) is 4. The lowest BCUT2D eigenvalue weighted by molar-refractivity contribution is 0.0647. The number of aromatic nitrogens is 1. The van der Waals surface area contributed by atoms with Crippen LogP contribution in [0, 0.1) is 0 Å². The van der Waals surface area contributed by atoms with Gasteiger partial charge in [-0.2, -0.15) is 0 Å². The standard InChI is InChI=1S/C17H26N2O2/c1-4-10-21-15-11-14(12-18-13-15)16(20)17(3,5-2)19-8-6-7-9-19/h11-13H,4-10H2,1-3H3. The maximum Gasteiger partial charge on any atom is 0.184 e. The van der Waals surface area contributed by atoms with E-state index in [1.54, 1.807) is 12.4 Å². The van der Waals surface area contributed by atoms with Gasteiger partial charge in [0.15, 0.2) is 5.78 Å². The zero-order valence-electron chi connectivity index (χ0n) is 13.4. The fraction of sp³-hybridized carbons (Fsp3) is 0.647. The Bertz CT molecular complexity index is 483. The maximum atomic E-state index is 13.0. The van der Waals surface area contributed by atoms with Crippen molar-refractivity contribution < 1.29 is 9.53 Å². The Morgan fingerprint density at radius 2 is 2.05 bits per heavy atom. The lowest BCUT2D eigenvalue weighted by atomic mass is 9.87.